The Kier molecular flexibility index (Phi) is 6.82. The van der Waals surface area contributed by atoms with Crippen LogP contribution < -0.4 is 5.32 Å². The van der Waals surface area contributed by atoms with E-state index < -0.39 is 0 Å². The summed E-state index contributed by atoms with van der Waals surface area (Å²) < 4.78 is 18.6. The van der Waals surface area contributed by atoms with Gasteiger partial charge >= 0.3 is 0 Å². The van der Waals surface area contributed by atoms with E-state index in [0.717, 1.165) is 21.3 Å². The number of amides is 1. The van der Waals surface area contributed by atoms with Crippen LogP contribution in [0.1, 0.15) is 11.3 Å². The zero-order chi connectivity index (χ0) is 15.8. The maximum absolute atomic E-state index is 12.8. The summed E-state index contributed by atoms with van der Waals surface area (Å²) in [6.07, 6.45) is 0.275. The number of aromatic nitrogens is 1. The Morgan fingerprint density at radius 2 is 2.18 bits per heavy atom. The molecule has 0 aliphatic carbocycles. The van der Waals surface area contributed by atoms with Crippen molar-refractivity contribution in [3.8, 4) is 0 Å². The number of hydrogen-bond donors (Lipinski definition) is 1. The van der Waals surface area contributed by atoms with Crippen molar-refractivity contribution in [2.75, 3.05) is 20.3 Å². The Balaban J connectivity index is 1.78. The van der Waals surface area contributed by atoms with Gasteiger partial charge in [0.25, 0.3) is 0 Å². The van der Waals surface area contributed by atoms with Crippen LogP contribution in [0.2, 0.25) is 0 Å². The fraction of sp³-hybridized carbons (Fsp3) is 0.333. The van der Waals surface area contributed by atoms with Crippen LogP contribution >= 0.6 is 23.1 Å². The van der Waals surface area contributed by atoms with Crippen molar-refractivity contribution >= 4 is 29.0 Å². The molecule has 2 rings (SSSR count). The summed E-state index contributed by atoms with van der Waals surface area (Å²) in [5, 5.41) is 4.65. The van der Waals surface area contributed by atoms with Crippen molar-refractivity contribution in [1.29, 1.82) is 0 Å². The second-order valence-electron chi connectivity index (χ2n) is 4.54. The quantitative estimate of drug-likeness (QED) is 0.593. The summed E-state index contributed by atoms with van der Waals surface area (Å²) in [7, 11) is 1.59. The molecule has 0 unspecified atom stereocenters. The lowest BCUT2D eigenvalue weighted by atomic mass is 10.2. The molecule has 0 bridgehead atoms. The zero-order valence-corrected chi connectivity index (χ0v) is 13.8. The average Bonchev–Trinajstić information content (AvgIpc) is 2.94. The van der Waals surface area contributed by atoms with Gasteiger partial charge in [-0.15, -0.1) is 11.3 Å². The monoisotopic (exact) mass is 340 g/mol. The standard InChI is InChI=1S/C15H17FN2O2S2/c1-20-7-6-17-14(19)8-13-10-22-15(18-13)21-9-11-2-4-12(16)5-3-11/h2-5,10H,6-9H2,1H3,(H,17,19). The molecule has 0 fully saturated rings. The number of hydrogen-bond acceptors (Lipinski definition) is 5. The van der Waals surface area contributed by atoms with Crippen LogP contribution in [0.3, 0.4) is 0 Å². The zero-order valence-electron chi connectivity index (χ0n) is 12.2. The highest BCUT2D eigenvalue weighted by atomic mass is 32.2. The molecule has 7 heteroatoms. The van der Waals surface area contributed by atoms with Crippen molar-refractivity contribution in [3.05, 3.63) is 46.7 Å². The number of methoxy groups -OCH3 is 1. The lowest BCUT2D eigenvalue weighted by Gasteiger charge is -2.02. The van der Waals surface area contributed by atoms with Gasteiger partial charge < -0.3 is 10.1 Å². The smallest absolute Gasteiger partial charge is 0.226 e. The van der Waals surface area contributed by atoms with Gasteiger partial charge in [0, 0.05) is 24.8 Å². The molecule has 0 aliphatic heterocycles. The molecule has 1 aromatic heterocycles. The highest BCUT2D eigenvalue weighted by molar-refractivity contribution is 8.00. The number of thioether (sulfide) groups is 1. The molecule has 1 amide bonds. The molecule has 0 saturated heterocycles. The minimum atomic E-state index is -0.232. The number of thiazole rings is 1. The van der Waals surface area contributed by atoms with Crippen molar-refractivity contribution in [2.24, 2.45) is 0 Å². The van der Waals surface area contributed by atoms with Gasteiger partial charge in [-0.05, 0) is 17.7 Å². The summed E-state index contributed by atoms with van der Waals surface area (Å²) in [5.74, 6) is 0.440. The maximum atomic E-state index is 12.8. The van der Waals surface area contributed by atoms with Gasteiger partial charge in [-0.1, -0.05) is 23.9 Å². The predicted molar refractivity (Wildman–Crippen MR) is 86.7 cm³/mol. The van der Waals surface area contributed by atoms with E-state index in [1.54, 1.807) is 31.0 Å². The van der Waals surface area contributed by atoms with Crippen molar-refractivity contribution in [2.45, 2.75) is 16.5 Å². The van der Waals surface area contributed by atoms with Crippen LogP contribution in [-0.2, 0) is 21.7 Å². The third kappa shape index (κ3) is 5.75. The molecule has 118 valence electrons. The van der Waals surface area contributed by atoms with E-state index in [4.69, 9.17) is 4.74 Å². The summed E-state index contributed by atoms with van der Waals surface area (Å²) in [6, 6.07) is 6.43. The second kappa shape index (κ2) is 8.87. The van der Waals surface area contributed by atoms with E-state index in [1.807, 2.05) is 5.38 Å². The Bertz CT molecular complexity index is 602. The number of halogens is 1. The number of benzene rings is 1. The third-order valence-electron chi connectivity index (χ3n) is 2.78. The molecule has 2 aromatic rings. The number of rotatable bonds is 8. The summed E-state index contributed by atoms with van der Waals surface area (Å²) in [4.78, 5) is 16.1. The first-order chi connectivity index (χ1) is 10.7. The number of nitrogens with zero attached hydrogens (tertiary/aromatic N) is 1. The average molecular weight is 340 g/mol. The molecular formula is C15H17FN2O2S2. The van der Waals surface area contributed by atoms with Gasteiger partial charge in [-0.3, -0.25) is 4.79 Å². The van der Waals surface area contributed by atoms with Crippen molar-refractivity contribution < 1.29 is 13.9 Å². The van der Waals surface area contributed by atoms with Gasteiger partial charge in [0.15, 0.2) is 0 Å². The Hall–Kier alpha value is -1.44. The van der Waals surface area contributed by atoms with Gasteiger partial charge in [-0.25, -0.2) is 9.37 Å². The van der Waals surface area contributed by atoms with E-state index in [0.29, 0.717) is 13.2 Å². The largest absolute Gasteiger partial charge is 0.383 e. The van der Waals surface area contributed by atoms with E-state index in [-0.39, 0.29) is 18.1 Å². The molecule has 1 aromatic carbocycles. The third-order valence-corrected chi connectivity index (χ3v) is 4.92. The van der Waals surface area contributed by atoms with E-state index in [9.17, 15) is 9.18 Å². The Labute approximate surface area is 137 Å². The number of ether oxygens (including phenoxy) is 1. The van der Waals surface area contributed by atoms with Crippen molar-refractivity contribution in [1.82, 2.24) is 10.3 Å². The van der Waals surface area contributed by atoms with E-state index in [1.165, 1.54) is 23.5 Å². The molecule has 0 spiro atoms. The maximum Gasteiger partial charge on any atom is 0.226 e. The summed E-state index contributed by atoms with van der Waals surface area (Å²) in [6.45, 7) is 1.01. The lowest BCUT2D eigenvalue weighted by Crippen LogP contribution is -2.28. The molecular weight excluding hydrogens is 323 g/mol. The summed E-state index contributed by atoms with van der Waals surface area (Å²) >= 11 is 3.10. The minimum absolute atomic E-state index is 0.0579. The van der Waals surface area contributed by atoms with E-state index >= 15 is 0 Å². The molecule has 0 saturated carbocycles. The first kappa shape index (κ1) is 16.9. The predicted octanol–water partition coefficient (Wildman–Crippen LogP) is 2.88. The fourth-order valence-corrected chi connectivity index (χ4v) is 3.48. The van der Waals surface area contributed by atoms with Crippen LogP contribution in [-0.4, -0.2) is 31.2 Å². The topological polar surface area (TPSA) is 51.2 Å². The number of nitrogens with one attached hydrogen (secondary N) is 1. The Morgan fingerprint density at radius 3 is 2.91 bits per heavy atom. The van der Waals surface area contributed by atoms with E-state index in [2.05, 4.69) is 10.3 Å². The highest BCUT2D eigenvalue weighted by Crippen LogP contribution is 2.26. The van der Waals surface area contributed by atoms with Gasteiger partial charge in [0.1, 0.15) is 10.2 Å². The summed E-state index contributed by atoms with van der Waals surface area (Å²) in [5.41, 5.74) is 1.81. The van der Waals surface area contributed by atoms with Crippen LogP contribution in [0.15, 0.2) is 34.0 Å². The number of carbonyl (C=O) groups excluding carboxylic acids is 1. The Morgan fingerprint density at radius 1 is 1.41 bits per heavy atom. The normalized spacial score (nSPS) is 10.6. The lowest BCUT2D eigenvalue weighted by molar-refractivity contribution is -0.120. The van der Waals surface area contributed by atoms with Gasteiger partial charge in [0.05, 0.1) is 18.7 Å². The van der Waals surface area contributed by atoms with Crippen molar-refractivity contribution in [3.63, 3.8) is 0 Å². The SMILES string of the molecule is COCCNC(=O)Cc1csc(SCc2ccc(F)cc2)n1. The molecule has 22 heavy (non-hydrogen) atoms. The van der Waals surface area contributed by atoms with Gasteiger partial charge in [0.2, 0.25) is 5.91 Å². The minimum Gasteiger partial charge on any atom is -0.383 e. The van der Waals surface area contributed by atoms with Crippen LogP contribution in [0.4, 0.5) is 4.39 Å². The van der Waals surface area contributed by atoms with Crippen LogP contribution in [0, 0.1) is 5.82 Å². The first-order valence-electron chi connectivity index (χ1n) is 6.74. The van der Waals surface area contributed by atoms with Crippen LogP contribution in [0.25, 0.3) is 0 Å². The highest BCUT2D eigenvalue weighted by Gasteiger charge is 2.08. The van der Waals surface area contributed by atoms with Crippen LogP contribution in [0.5, 0.6) is 0 Å². The second-order valence-corrected chi connectivity index (χ2v) is 6.62. The molecule has 0 aliphatic rings. The fourth-order valence-electron chi connectivity index (χ4n) is 1.68. The molecule has 0 radical (unpaired) electrons. The van der Waals surface area contributed by atoms with Gasteiger partial charge in [-0.2, -0.15) is 0 Å². The molecule has 4 nitrogen and oxygen atoms in total. The number of carbonyl (C=O) groups is 1. The first-order valence-corrected chi connectivity index (χ1v) is 8.61. The molecule has 0 atom stereocenters. The molecule has 1 heterocycles. The molecule has 1 N–H and O–H groups in total.